The van der Waals surface area contributed by atoms with E-state index in [0.717, 1.165) is 0 Å². The predicted octanol–water partition coefficient (Wildman–Crippen LogP) is -1.60. The quantitative estimate of drug-likeness (QED) is 0.227. The van der Waals surface area contributed by atoms with Gasteiger partial charge in [-0.1, -0.05) is 4.98 Å². The maximum atomic E-state index is 11.6. The Balaban J connectivity index is 1.75. The molecule has 16 heteroatoms. The molecule has 14 nitrogen and oxygen atoms in total. The number of aliphatic hydroxyl groups is 2. The number of fused-ring (bicyclic) bond motifs is 1. The van der Waals surface area contributed by atoms with E-state index in [1.807, 2.05) is 0 Å². The summed E-state index contributed by atoms with van der Waals surface area (Å²) in [5, 5.41) is 20.4. The van der Waals surface area contributed by atoms with Crippen molar-refractivity contribution in [3.63, 3.8) is 0 Å². The molecule has 0 saturated carbocycles. The molecule has 150 valence electrons. The zero-order valence-electron chi connectivity index (χ0n) is 13.8. The number of anilines is 1. The topological polar surface area (TPSA) is 214 Å². The first-order valence-electron chi connectivity index (χ1n) is 7.48. The summed E-state index contributed by atoms with van der Waals surface area (Å²) < 4.78 is 38.2. The Morgan fingerprint density at radius 2 is 2.04 bits per heavy atom. The van der Waals surface area contributed by atoms with E-state index in [2.05, 4.69) is 23.8 Å². The summed E-state index contributed by atoms with van der Waals surface area (Å²) in [5.74, 6) is 0.165. The number of aromatic amines is 1. The number of phosphoric ester groups is 1. The number of ether oxygens (including phenoxy) is 1. The number of H-pyrrole nitrogens is 1. The zero-order valence-corrected chi connectivity index (χ0v) is 15.6. The predicted molar refractivity (Wildman–Crippen MR) is 87.0 cm³/mol. The van der Waals surface area contributed by atoms with Gasteiger partial charge in [0.2, 0.25) is 11.7 Å². The Hall–Kier alpha value is -1.47. The standard InChI is InChI=1S/C11H17N5O9P2/c1-26(19,20)25-27(21,22)23-2-5-7(17)8(18)11(24-5)16-4-15-6-9(12)13-3-14-10(6)16/h3-5,7-8,11,17-18H,2H2,1H3,(H4,12,13,14,19,20,21,22)/p+1/t5-,7+,8?,11-/m1/s1. The largest absolute Gasteiger partial charge is 0.479 e. The number of aromatic nitrogens is 4. The van der Waals surface area contributed by atoms with E-state index in [1.54, 1.807) is 0 Å². The van der Waals surface area contributed by atoms with Crippen molar-refractivity contribution in [1.82, 2.24) is 15.0 Å². The first-order valence-corrected chi connectivity index (χ1v) is 11.0. The lowest BCUT2D eigenvalue weighted by Crippen LogP contribution is -2.45. The Morgan fingerprint density at radius 1 is 1.33 bits per heavy atom. The zero-order chi connectivity index (χ0) is 20.0. The first-order chi connectivity index (χ1) is 12.5. The van der Waals surface area contributed by atoms with E-state index >= 15 is 0 Å². The van der Waals surface area contributed by atoms with Crippen LogP contribution < -0.4 is 10.3 Å². The summed E-state index contributed by atoms with van der Waals surface area (Å²) in [5.41, 5.74) is 6.40. The SMILES string of the molecule is CP(=O)(O)OP(=O)(O)OC[C@H]1O[C@@H]([n+]2c[nH]c3c(N)ncnc32)C(O)[C@H]1O. The highest BCUT2D eigenvalue weighted by Gasteiger charge is 2.47. The van der Waals surface area contributed by atoms with Crippen LogP contribution in [0.2, 0.25) is 0 Å². The van der Waals surface area contributed by atoms with Gasteiger partial charge in [0.05, 0.1) is 6.61 Å². The Kier molecular flexibility index (Phi) is 5.38. The molecule has 0 spiro atoms. The molecule has 0 aromatic carbocycles. The van der Waals surface area contributed by atoms with Crippen molar-refractivity contribution < 1.29 is 47.3 Å². The molecule has 6 atom stereocenters. The van der Waals surface area contributed by atoms with Crippen molar-refractivity contribution in [1.29, 1.82) is 0 Å². The van der Waals surface area contributed by atoms with Gasteiger partial charge in [-0.05, 0) is 0 Å². The number of nitrogens with zero attached hydrogens (tertiary/aromatic N) is 3. The van der Waals surface area contributed by atoms with Gasteiger partial charge in [0.1, 0.15) is 18.3 Å². The van der Waals surface area contributed by atoms with Gasteiger partial charge >= 0.3 is 21.1 Å². The third kappa shape index (κ3) is 4.35. The molecule has 3 unspecified atom stereocenters. The number of hydrogen-bond acceptors (Lipinski definition) is 10. The second-order valence-electron chi connectivity index (χ2n) is 5.83. The number of hydrogen-bond donors (Lipinski definition) is 6. The van der Waals surface area contributed by atoms with Crippen LogP contribution in [0, 0.1) is 0 Å². The summed E-state index contributed by atoms with van der Waals surface area (Å²) in [6.07, 6.45) is -2.68. The van der Waals surface area contributed by atoms with Crippen LogP contribution in [0.5, 0.6) is 0 Å². The van der Waals surface area contributed by atoms with Crippen LogP contribution in [0.4, 0.5) is 5.82 Å². The summed E-state index contributed by atoms with van der Waals surface area (Å²) in [4.78, 5) is 29.1. The number of imidazole rings is 1. The second-order valence-corrected chi connectivity index (χ2v) is 9.29. The fourth-order valence-corrected chi connectivity index (χ4v) is 4.65. The highest BCUT2D eigenvalue weighted by atomic mass is 31.3. The Morgan fingerprint density at radius 3 is 2.70 bits per heavy atom. The number of nitrogens with one attached hydrogen (secondary N) is 1. The lowest BCUT2D eigenvalue weighted by atomic mass is 10.1. The van der Waals surface area contributed by atoms with Crippen LogP contribution in [-0.2, 0) is 22.7 Å². The van der Waals surface area contributed by atoms with Crippen LogP contribution >= 0.6 is 15.4 Å². The lowest BCUT2D eigenvalue weighted by molar-refractivity contribution is -0.745. The molecule has 3 heterocycles. The molecule has 7 N–H and O–H groups in total. The van der Waals surface area contributed by atoms with E-state index in [0.29, 0.717) is 17.8 Å². The van der Waals surface area contributed by atoms with Crippen molar-refractivity contribution in [3.8, 4) is 0 Å². The monoisotopic (exact) mass is 426 g/mol. The van der Waals surface area contributed by atoms with Gasteiger partial charge in [0.25, 0.3) is 0 Å². The van der Waals surface area contributed by atoms with Crippen molar-refractivity contribution in [2.75, 3.05) is 19.0 Å². The number of rotatable bonds is 6. The van der Waals surface area contributed by atoms with Crippen LogP contribution in [0.3, 0.4) is 0 Å². The molecular weight excluding hydrogens is 408 g/mol. The number of nitrogens with two attached hydrogens (primary N) is 1. The molecule has 2 aromatic heterocycles. The van der Waals surface area contributed by atoms with Crippen molar-refractivity contribution >= 4 is 32.4 Å². The number of aliphatic hydroxyl groups excluding tert-OH is 2. The average Bonchev–Trinajstić information content (AvgIpc) is 3.07. The summed E-state index contributed by atoms with van der Waals surface area (Å²) in [6.45, 7) is 0.0175. The highest BCUT2D eigenvalue weighted by molar-refractivity contribution is 7.63. The van der Waals surface area contributed by atoms with E-state index in [1.165, 1.54) is 17.2 Å². The van der Waals surface area contributed by atoms with Gasteiger partial charge in [-0.15, -0.1) is 0 Å². The maximum Gasteiger partial charge on any atom is 0.479 e. The minimum Gasteiger partial charge on any atom is -0.387 e. The van der Waals surface area contributed by atoms with Gasteiger partial charge in [-0.2, -0.15) is 4.98 Å². The minimum atomic E-state index is -4.87. The van der Waals surface area contributed by atoms with Crippen LogP contribution in [0.25, 0.3) is 11.2 Å². The molecule has 0 bridgehead atoms. The molecule has 1 aliphatic heterocycles. The van der Waals surface area contributed by atoms with Gasteiger partial charge < -0.3 is 30.5 Å². The molecule has 1 fully saturated rings. The van der Waals surface area contributed by atoms with Crippen LogP contribution in [0.1, 0.15) is 6.23 Å². The molecule has 0 radical (unpaired) electrons. The molecule has 27 heavy (non-hydrogen) atoms. The normalized spacial score (nSPS) is 30.3. The molecule has 0 aliphatic carbocycles. The summed E-state index contributed by atoms with van der Waals surface area (Å²) in [6, 6.07) is 0. The maximum absolute atomic E-state index is 11.6. The van der Waals surface area contributed by atoms with Gasteiger partial charge in [0.15, 0.2) is 18.5 Å². The van der Waals surface area contributed by atoms with Crippen LogP contribution in [-0.4, -0.2) is 66.5 Å². The minimum absolute atomic E-state index is 0.165. The van der Waals surface area contributed by atoms with Gasteiger partial charge in [-0.3, -0.25) is 14.1 Å². The summed E-state index contributed by atoms with van der Waals surface area (Å²) >= 11 is 0. The third-order valence-electron chi connectivity index (χ3n) is 3.72. The number of phosphoric acid groups is 1. The van der Waals surface area contributed by atoms with E-state index in [-0.39, 0.29) is 5.82 Å². The lowest BCUT2D eigenvalue weighted by Gasteiger charge is -2.17. The molecule has 1 saturated heterocycles. The average molecular weight is 426 g/mol. The third-order valence-corrected chi connectivity index (χ3v) is 6.23. The van der Waals surface area contributed by atoms with Crippen molar-refractivity contribution in [2.24, 2.45) is 0 Å². The van der Waals surface area contributed by atoms with Crippen molar-refractivity contribution in [3.05, 3.63) is 12.7 Å². The molecule has 1 aliphatic rings. The van der Waals surface area contributed by atoms with E-state index in [4.69, 9.17) is 15.4 Å². The van der Waals surface area contributed by atoms with Crippen LogP contribution in [0.15, 0.2) is 12.7 Å². The van der Waals surface area contributed by atoms with Crippen molar-refractivity contribution in [2.45, 2.75) is 24.5 Å². The molecule has 0 amide bonds. The van der Waals surface area contributed by atoms with Gasteiger partial charge in [0, 0.05) is 6.66 Å². The second kappa shape index (κ2) is 7.17. The first kappa shape index (κ1) is 20.3. The highest BCUT2D eigenvalue weighted by Crippen LogP contribution is 2.58. The van der Waals surface area contributed by atoms with Gasteiger partial charge in [-0.25, -0.2) is 13.4 Å². The van der Waals surface area contributed by atoms with E-state index in [9.17, 15) is 24.2 Å². The Labute approximate surface area is 151 Å². The summed E-state index contributed by atoms with van der Waals surface area (Å²) in [7, 11) is -9.16. The van der Waals surface area contributed by atoms with E-state index < -0.39 is 46.6 Å². The number of nitrogen functional groups attached to an aromatic ring is 1. The fraction of sp³-hybridized carbons (Fsp3) is 0.545. The molecule has 3 rings (SSSR count). The molecular formula is C11H18N5O9P2+. The fourth-order valence-electron chi connectivity index (χ4n) is 2.59. The Bertz CT molecular complexity index is 932. The smallest absolute Gasteiger partial charge is 0.387 e. The molecule has 2 aromatic rings.